The molecule has 0 saturated heterocycles. The summed E-state index contributed by atoms with van der Waals surface area (Å²) in [5.41, 5.74) is 0.289. The number of carbonyl (C=O) groups is 1. The molecule has 1 amide bonds. The van der Waals surface area contributed by atoms with E-state index in [1.807, 2.05) is 0 Å². The van der Waals surface area contributed by atoms with Crippen LogP contribution in [0.3, 0.4) is 0 Å². The molecule has 0 aliphatic carbocycles. The Morgan fingerprint density at radius 2 is 2.20 bits per heavy atom. The largest absolute Gasteiger partial charge is 0.329 e. The number of hydrogen-bond acceptors (Lipinski definition) is 2. The van der Waals surface area contributed by atoms with Crippen molar-refractivity contribution in [1.82, 2.24) is 4.98 Å². The van der Waals surface area contributed by atoms with Crippen molar-refractivity contribution in [3.05, 3.63) is 39.8 Å². The molecule has 0 unspecified atom stereocenters. The summed E-state index contributed by atoms with van der Waals surface area (Å²) in [6.07, 6.45) is 2.09. The zero-order chi connectivity index (χ0) is 10.8. The number of benzene rings is 1. The highest BCUT2D eigenvalue weighted by Gasteiger charge is 2.04. The molecule has 15 heavy (non-hydrogen) atoms. The number of aromatic nitrogens is 1. The highest BCUT2D eigenvalue weighted by molar-refractivity contribution is 6.34. The van der Waals surface area contributed by atoms with E-state index >= 15 is 0 Å². The van der Waals surface area contributed by atoms with Crippen LogP contribution in [0.2, 0.25) is 5.02 Å². The first-order valence-corrected chi connectivity index (χ1v) is 4.61. The van der Waals surface area contributed by atoms with Gasteiger partial charge in [-0.1, -0.05) is 11.6 Å². The number of carbonyl (C=O) groups excluding carboxylic acids is 1. The van der Waals surface area contributed by atoms with E-state index in [4.69, 9.17) is 11.6 Å². The molecule has 5 heteroatoms. The van der Waals surface area contributed by atoms with E-state index in [9.17, 15) is 9.59 Å². The van der Waals surface area contributed by atoms with Crippen molar-refractivity contribution in [2.24, 2.45) is 0 Å². The van der Waals surface area contributed by atoms with Crippen LogP contribution in [-0.2, 0) is 4.79 Å². The normalized spacial score (nSPS) is 10.2. The molecule has 2 aromatic rings. The van der Waals surface area contributed by atoms with Crippen LogP contribution >= 0.6 is 11.6 Å². The maximum atomic E-state index is 11.4. The monoisotopic (exact) mass is 222 g/mol. The van der Waals surface area contributed by atoms with Crippen LogP contribution in [0.15, 0.2) is 29.2 Å². The van der Waals surface area contributed by atoms with Crippen molar-refractivity contribution in [1.29, 1.82) is 0 Å². The van der Waals surface area contributed by atoms with Crippen LogP contribution in [0.5, 0.6) is 0 Å². The predicted molar refractivity (Wildman–Crippen MR) is 59.3 cm³/mol. The summed E-state index contributed by atoms with van der Waals surface area (Å²) in [6, 6.07) is 4.92. The molecule has 0 atom stereocenters. The standard InChI is InChI=1S/C10H7ClN2O2/c11-8-4-7-6(1-2-12-10(7)15)3-9(8)13-5-14/h1-5H,(H,12,15)(H,13,14). The van der Waals surface area contributed by atoms with Gasteiger partial charge in [-0.15, -0.1) is 0 Å². The van der Waals surface area contributed by atoms with E-state index in [0.29, 0.717) is 22.5 Å². The molecule has 2 N–H and O–H groups in total. The van der Waals surface area contributed by atoms with Gasteiger partial charge in [-0.3, -0.25) is 9.59 Å². The molecule has 76 valence electrons. The number of rotatable bonds is 2. The second-order valence-electron chi connectivity index (χ2n) is 2.99. The lowest BCUT2D eigenvalue weighted by atomic mass is 10.1. The maximum Gasteiger partial charge on any atom is 0.255 e. The summed E-state index contributed by atoms with van der Waals surface area (Å²) < 4.78 is 0. The number of anilines is 1. The summed E-state index contributed by atoms with van der Waals surface area (Å²) in [4.78, 5) is 24.2. The van der Waals surface area contributed by atoms with E-state index < -0.39 is 0 Å². The fourth-order valence-corrected chi connectivity index (χ4v) is 1.60. The Morgan fingerprint density at radius 1 is 1.40 bits per heavy atom. The fraction of sp³-hybridized carbons (Fsp3) is 0. The summed E-state index contributed by atoms with van der Waals surface area (Å²) >= 11 is 5.88. The third-order valence-corrected chi connectivity index (χ3v) is 2.39. The van der Waals surface area contributed by atoms with Crippen molar-refractivity contribution >= 4 is 34.5 Å². The number of H-pyrrole nitrogens is 1. The summed E-state index contributed by atoms with van der Waals surface area (Å²) in [7, 11) is 0. The van der Waals surface area contributed by atoms with Crippen molar-refractivity contribution in [3.63, 3.8) is 0 Å². The Labute approximate surface area is 89.9 Å². The molecule has 2 rings (SSSR count). The van der Waals surface area contributed by atoms with Gasteiger partial charge < -0.3 is 10.3 Å². The lowest BCUT2D eigenvalue weighted by Crippen LogP contribution is -2.05. The molecule has 1 aromatic heterocycles. The third-order valence-electron chi connectivity index (χ3n) is 2.08. The van der Waals surface area contributed by atoms with E-state index in [1.165, 1.54) is 6.07 Å². The fourth-order valence-electron chi connectivity index (χ4n) is 1.38. The van der Waals surface area contributed by atoms with Gasteiger partial charge in [0, 0.05) is 11.6 Å². The first kappa shape index (κ1) is 9.73. The molecule has 0 spiro atoms. The number of hydrogen-bond donors (Lipinski definition) is 2. The van der Waals surface area contributed by atoms with Gasteiger partial charge in [0.15, 0.2) is 0 Å². The highest BCUT2D eigenvalue weighted by atomic mass is 35.5. The second kappa shape index (κ2) is 3.74. The number of fused-ring (bicyclic) bond motifs is 1. The average Bonchev–Trinajstić information content (AvgIpc) is 2.21. The molecule has 1 aromatic carbocycles. The minimum absolute atomic E-state index is 0.202. The molecular formula is C10H7ClN2O2. The smallest absolute Gasteiger partial charge is 0.255 e. The van der Waals surface area contributed by atoms with Crippen molar-refractivity contribution < 1.29 is 4.79 Å². The molecule has 0 aliphatic heterocycles. The summed E-state index contributed by atoms with van der Waals surface area (Å²) in [5, 5.41) is 4.03. The molecule has 4 nitrogen and oxygen atoms in total. The number of aromatic amines is 1. The summed E-state index contributed by atoms with van der Waals surface area (Å²) in [5.74, 6) is 0. The average molecular weight is 223 g/mol. The molecular weight excluding hydrogens is 216 g/mol. The first-order valence-electron chi connectivity index (χ1n) is 4.23. The van der Waals surface area contributed by atoms with Crippen LogP contribution in [-0.4, -0.2) is 11.4 Å². The molecule has 1 heterocycles. The van der Waals surface area contributed by atoms with E-state index in [0.717, 1.165) is 5.39 Å². The predicted octanol–water partition coefficient (Wildman–Crippen LogP) is 1.75. The van der Waals surface area contributed by atoms with Gasteiger partial charge in [-0.2, -0.15) is 0 Å². The van der Waals surface area contributed by atoms with Crippen molar-refractivity contribution in [2.75, 3.05) is 5.32 Å². The molecule has 0 fully saturated rings. The first-order chi connectivity index (χ1) is 7.22. The third kappa shape index (κ3) is 1.71. The Kier molecular flexibility index (Phi) is 2.43. The van der Waals surface area contributed by atoms with Gasteiger partial charge in [0.05, 0.1) is 10.7 Å². The van der Waals surface area contributed by atoms with Crippen LogP contribution in [0.4, 0.5) is 5.69 Å². The topological polar surface area (TPSA) is 62.0 Å². The van der Waals surface area contributed by atoms with Gasteiger partial charge in [-0.05, 0) is 23.6 Å². The number of pyridine rings is 1. The summed E-state index contributed by atoms with van der Waals surface area (Å²) in [6.45, 7) is 0. The Hall–Kier alpha value is -1.81. The Bertz CT molecular complexity index is 577. The van der Waals surface area contributed by atoms with E-state index in [2.05, 4.69) is 10.3 Å². The second-order valence-corrected chi connectivity index (χ2v) is 3.40. The van der Waals surface area contributed by atoms with Gasteiger partial charge in [0.25, 0.3) is 5.56 Å². The molecule has 0 aliphatic rings. The van der Waals surface area contributed by atoms with E-state index in [1.54, 1.807) is 18.3 Å². The van der Waals surface area contributed by atoms with Crippen LogP contribution in [0.1, 0.15) is 0 Å². The van der Waals surface area contributed by atoms with Crippen molar-refractivity contribution in [2.45, 2.75) is 0 Å². The van der Waals surface area contributed by atoms with Crippen LogP contribution in [0, 0.1) is 0 Å². The zero-order valence-electron chi connectivity index (χ0n) is 7.58. The number of nitrogens with one attached hydrogen (secondary N) is 2. The maximum absolute atomic E-state index is 11.4. The minimum Gasteiger partial charge on any atom is -0.329 e. The lowest BCUT2D eigenvalue weighted by molar-refractivity contribution is -0.105. The van der Waals surface area contributed by atoms with Crippen LogP contribution < -0.4 is 10.9 Å². The highest BCUT2D eigenvalue weighted by Crippen LogP contribution is 2.25. The molecule has 0 bridgehead atoms. The SMILES string of the molecule is O=CNc1cc2cc[nH]c(=O)c2cc1Cl. The van der Waals surface area contributed by atoms with Crippen LogP contribution in [0.25, 0.3) is 10.8 Å². The van der Waals surface area contributed by atoms with Gasteiger partial charge in [-0.25, -0.2) is 0 Å². The zero-order valence-corrected chi connectivity index (χ0v) is 8.34. The molecule has 0 radical (unpaired) electrons. The van der Waals surface area contributed by atoms with Crippen molar-refractivity contribution in [3.8, 4) is 0 Å². The molecule has 0 saturated carbocycles. The lowest BCUT2D eigenvalue weighted by Gasteiger charge is -2.03. The van der Waals surface area contributed by atoms with Gasteiger partial charge >= 0.3 is 0 Å². The van der Waals surface area contributed by atoms with Gasteiger partial charge in [0.2, 0.25) is 6.41 Å². The van der Waals surface area contributed by atoms with Gasteiger partial charge in [0.1, 0.15) is 0 Å². The quantitative estimate of drug-likeness (QED) is 0.761. The Morgan fingerprint density at radius 3 is 2.93 bits per heavy atom. The van der Waals surface area contributed by atoms with E-state index in [-0.39, 0.29) is 5.56 Å². The number of amides is 1. The number of halogens is 1. The Balaban J connectivity index is 2.76. The minimum atomic E-state index is -0.202.